The van der Waals surface area contributed by atoms with Crippen molar-refractivity contribution in [1.82, 2.24) is 14.5 Å². The topological polar surface area (TPSA) is 128 Å². The minimum atomic E-state index is -3.77. The fraction of sp³-hybridized carbons (Fsp3) is 0.481. The molecule has 0 saturated carbocycles. The van der Waals surface area contributed by atoms with Crippen LogP contribution >= 0.6 is 0 Å². The van der Waals surface area contributed by atoms with Gasteiger partial charge in [-0.3, -0.25) is 4.79 Å². The largest absolute Gasteiger partial charge is 0.488 e. The monoisotopic (exact) mass is 546 g/mol. The Morgan fingerprint density at radius 1 is 1.18 bits per heavy atom. The molecule has 1 heterocycles. The van der Waals surface area contributed by atoms with Crippen LogP contribution in [0.5, 0.6) is 5.75 Å². The summed E-state index contributed by atoms with van der Waals surface area (Å²) in [6.07, 6.45) is -0.599. The lowest BCUT2D eigenvalue weighted by Gasteiger charge is -2.33. The van der Waals surface area contributed by atoms with Gasteiger partial charge in [0.25, 0.3) is 0 Å². The van der Waals surface area contributed by atoms with Crippen LogP contribution in [0.3, 0.4) is 0 Å². The summed E-state index contributed by atoms with van der Waals surface area (Å²) >= 11 is 0. The number of aliphatic hydroxyl groups excluding tert-OH is 1. The summed E-state index contributed by atoms with van der Waals surface area (Å²) in [4.78, 5) is 27.3. The van der Waals surface area contributed by atoms with Crippen molar-refractivity contribution in [3.63, 3.8) is 0 Å². The van der Waals surface area contributed by atoms with Gasteiger partial charge in [-0.1, -0.05) is 25.1 Å². The number of hydrogen-bond acceptors (Lipinski definition) is 6. The van der Waals surface area contributed by atoms with Crippen molar-refractivity contribution in [2.75, 3.05) is 32.1 Å². The van der Waals surface area contributed by atoms with Gasteiger partial charge in [0, 0.05) is 36.8 Å². The molecule has 0 radical (unpaired) electrons. The zero-order valence-electron chi connectivity index (χ0n) is 22.5. The maximum atomic E-state index is 13.3. The third kappa shape index (κ3) is 7.24. The Balaban J connectivity index is 1.95. The van der Waals surface area contributed by atoms with Gasteiger partial charge in [-0.05, 0) is 51.1 Å². The first-order chi connectivity index (χ1) is 17.9. The SMILES string of the molecule is CC(C)NC(=O)Nc1ccc2c(c1)CC(=O)N([C@H](C)CO)C[C@H](C)[C@H](CN(C)S(=O)(=O)c1ccccc1)O2. The van der Waals surface area contributed by atoms with E-state index in [-0.39, 0.29) is 54.9 Å². The molecule has 10 nitrogen and oxygen atoms in total. The molecule has 38 heavy (non-hydrogen) atoms. The van der Waals surface area contributed by atoms with Crippen LogP contribution in [0.15, 0.2) is 53.4 Å². The van der Waals surface area contributed by atoms with Crippen molar-refractivity contribution in [1.29, 1.82) is 0 Å². The quantitative estimate of drug-likeness (QED) is 0.467. The molecule has 208 valence electrons. The minimum absolute atomic E-state index is 0.00140. The average Bonchev–Trinajstić information content (AvgIpc) is 2.91. The van der Waals surface area contributed by atoms with Gasteiger partial charge in [0.2, 0.25) is 15.9 Å². The van der Waals surface area contributed by atoms with E-state index >= 15 is 0 Å². The highest BCUT2D eigenvalue weighted by molar-refractivity contribution is 7.89. The maximum Gasteiger partial charge on any atom is 0.319 e. The summed E-state index contributed by atoms with van der Waals surface area (Å²) in [5.74, 6) is -0.0195. The number of nitrogens with zero attached hydrogens (tertiary/aromatic N) is 2. The Morgan fingerprint density at radius 2 is 1.87 bits per heavy atom. The molecule has 3 rings (SSSR count). The van der Waals surface area contributed by atoms with Gasteiger partial charge in [0.15, 0.2) is 0 Å². The summed E-state index contributed by atoms with van der Waals surface area (Å²) in [5.41, 5.74) is 1.05. The highest BCUT2D eigenvalue weighted by Crippen LogP contribution is 2.30. The number of rotatable bonds is 8. The normalized spacial score (nSPS) is 19.2. The number of benzene rings is 2. The smallest absolute Gasteiger partial charge is 0.319 e. The maximum absolute atomic E-state index is 13.3. The average molecular weight is 547 g/mol. The third-order valence-electron chi connectivity index (χ3n) is 6.48. The second kappa shape index (κ2) is 12.6. The van der Waals surface area contributed by atoms with Crippen molar-refractivity contribution in [3.05, 3.63) is 54.1 Å². The number of sulfonamides is 1. The molecular weight excluding hydrogens is 508 g/mol. The molecule has 1 aliphatic rings. The first kappa shape index (κ1) is 29.4. The number of anilines is 1. The molecule has 0 fully saturated rings. The van der Waals surface area contributed by atoms with E-state index in [1.165, 1.54) is 11.4 Å². The van der Waals surface area contributed by atoms with Crippen LogP contribution in [-0.4, -0.2) is 79.6 Å². The van der Waals surface area contributed by atoms with Crippen molar-refractivity contribution >= 4 is 27.6 Å². The van der Waals surface area contributed by atoms with Crippen LogP contribution < -0.4 is 15.4 Å². The van der Waals surface area contributed by atoms with E-state index < -0.39 is 22.2 Å². The molecule has 3 amide bonds. The van der Waals surface area contributed by atoms with Gasteiger partial charge < -0.3 is 25.4 Å². The van der Waals surface area contributed by atoms with Gasteiger partial charge in [-0.15, -0.1) is 0 Å². The number of ether oxygens (including phenoxy) is 1. The van der Waals surface area contributed by atoms with Crippen LogP contribution in [0.4, 0.5) is 10.5 Å². The number of nitrogens with one attached hydrogen (secondary N) is 2. The molecular formula is C27H38N4O6S. The highest BCUT2D eigenvalue weighted by atomic mass is 32.2. The second-order valence-electron chi connectivity index (χ2n) is 10.1. The van der Waals surface area contributed by atoms with Gasteiger partial charge >= 0.3 is 6.03 Å². The van der Waals surface area contributed by atoms with Gasteiger partial charge in [-0.25, -0.2) is 13.2 Å². The van der Waals surface area contributed by atoms with Crippen molar-refractivity contribution in [2.24, 2.45) is 5.92 Å². The van der Waals surface area contributed by atoms with Gasteiger partial charge in [0.1, 0.15) is 11.9 Å². The highest BCUT2D eigenvalue weighted by Gasteiger charge is 2.33. The van der Waals surface area contributed by atoms with Crippen molar-refractivity contribution in [2.45, 2.75) is 57.2 Å². The van der Waals surface area contributed by atoms with E-state index in [1.807, 2.05) is 20.8 Å². The Bertz CT molecular complexity index is 1220. The van der Waals surface area contributed by atoms with Crippen LogP contribution in [-0.2, 0) is 21.2 Å². The van der Waals surface area contributed by atoms with Gasteiger partial charge in [0.05, 0.1) is 30.5 Å². The molecule has 2 aromatic rings. The number of carbonyl (C=O) groups excluding carboxylic acids is 2. The molecule has 0 saturated heterocycles. The molecule has 3 N–H and O–H groups in total. The molecule has 0 bridgehead atoms. The van der Waals surface area contributed by atoms with Gasteiger partial charge in [-0.2, -0.15) is 4.31 Å². The Kier molecular flexibility index (Phi) is 9.75. The molecule has 1 aliphatic heterocycles. The Labute approximate surface area is 225 Å². The third-order valence-corrected chi connectivity index (χ3v) is 8.32. The molecule has 11 heteroatoms. The van der Waals surface area contributed by atoms with Crippen LogP contribution in [0.25, 0.3) is 0 Å². The minimum Gasteiger partial charge on any atom is -0.488 e. The first-order valence-corrected chi connectivity index (χ1v) is 14.1. The predicted molar refractivity (Wildman–Crippen MR) is 146 cm³/mol. The van der Waals surface area contributed by atoms with Crippen molar-refractivity contribution < 1.29 is 27.9 Å². The number of fused-ring (bicyclic) bond motifs is 1. The summed E-state index contributed by atoms with van der Waals surface area (Å²) in [7, 11) is -2.26. The fourth-order valence-electron chi connectivity index (χ4n) is 4.28. The summed E-state index contributed by atoms with van der Waals surface area (Å²) < 4.78 is 34.1. The van der Waals surface area contributed by atoms with E-state index in [0.29, 0.717) is 17.0 Å². The lowest BCUT2D eigenvalue weighted by molar-refractivity contribution is -0.134. The fourth-order valence-corrected chi connectivity index (χ4v) is 5.48. The first-order valence-electron chi connectivity index (χ1n) is 12.7. The molecule has 0 aliphatic carbocycles. The van der Waals surface area contributed by atoms with E-state index in [0.717, 1.165) is 0 Å². The number of amides is 3. The predicted octanol–water partition coefficient (Wildman–Crippen LogP) is 2.69. The van der Waals surface area contributed by atoms with Crippen LogP contribution in [0.1, 0.15) is 33.3 Å². The summed E-state index contributed by atoms with van der Waals surface area (Å²) in [6.45, 7) is 7.47. The number of aliphatic hydroxyl groups is 1. The van der Waals surface area contributed by atoms with Crippen LogP contribution in [0, 0.1) is 5.92 Å². The van der Waals surface area contributed by atoms with E-state index in [4.69, 9.17) is 4.74 Å². The number of hydrogen-bond donors (Lipinski definition) is 3. The molecule has 3 atom stereocenters. The van der Waals surface area contributed by atoms with E-state index in [1.54, 1.807) is 60.4 Å². The molecule has 0 spiro atoms. The number of carbonyl (C=O) groups is 2. The Hall–Kier alpha value is -3.15. The lowest BCUT2D eigenvalue weighted by Crippen LogP contribution is -2.48. The van der Waals surface area contributed by atoms with Crippen LogP contribution in [0.2, 0.25) is 0 Å². The standard InChI is InChI=1S/C27H38N4O6S/c1-18(2)28-27(34)29-22-11-12-24-21(13-22)14-26(33)31(20(4)17-32)15-19(3)25(37-24)16-30(5)38(35,36)23-9-7-6-8-10-23/h6-13,18-20,25,32H,14-17H2,1-5H3,(H2,28,29,34)/t19-,20+,25-/m0/s1. The number of likely N-dealkylation sites (N-methyl/N-ethyl adjacent to an activating group) is 1. The summed E-state index contributed by atoms with van der Waals surface area (Å²) in [6, 6.07) is 12.4. The lowest BCUT2D eigenvalue weighted by atomic mass is 10.0. The zero-order chi connectivity index (χ0) is 28.0. The molecule has 0 aromatic heterocycles. The Morgan fingerprint density at radius 3 is 2.50 bits per heavy atom. The second-order valence-corrected chi connectivity index (χ2v) is 12.1. The van der Waals surface area contributed by atoms with E-state index in [2.05, 4.69) is 10.6 Å². The zero-order valence-corrected chi connectivity index (χ0v) is 23.4. The molecule has 2 aromatic carbocycles. The van der Waals surface area contributed by atoms with Crippen molar-refractivity contribution in [3.8, 4) is 5.75 Å². The number of urea groups is 1. The summed E-state index contributed by atoms with van der Waals surface area (Å²) in [5, 5.41) is 15.3. The molecule has 0 unspecified atom stereocenters. The van der Waals surface area contributed by atoms with E-state index in [9.17, 15) is 23.1 Å².